The van der Waals surface area contributed by atoms with Crippen LogP contribution in [0.3, 0.4) is 0 Å². The maximum atomic E-state index is 2.48. The molecule has 0 fully saturated rings. The van der Waals surface area contributed by atoms with Crippen LogP contribution in [-0.4, -0.2) is 7.85 Å². The van der Waals surface area contributed by atoms with Gasteiger partial charge in [0.05, 0.1) is 0 Å². The van der Waals surface area contributed by atoms with E-state index in [4.69, 9.17) is 0 Å². The smallest absolute Gasteiger partial charge is 0.0281 e. The molecule has 0 spiro atoms. The number of alkyl halides is 2. The third kappa shape index (κ3) is 3.48. The number of hydrogen-bond acceptors (Lipinski definition) is 0. The molecule has 0 heterocycles. The van der Waals surface area contributed by atoms with Crippen molar-refractivity contribution in [2.24, 2.45) is 0 Å². The zero-order valence-electron chi connectivity index (χ0n) is 5.41. The zero-order valence-corrected chi connectivity index (χ0v) is 9.73. The molecule has 0 aliphatic rings. The van der Waals surface area contributed by atoms with Crippen LogP contribution in [-0.2, 0) is 0 Å². The minimum Gasteiger partial charge on any atom is -0.0818 e. The molecule has 8 heavy (non-hydrogen) atoms. The van der Waals surface area contributed by atoms with Crippen LogP contribution in [0.1, 0.15) is 20.8 Å². The van der Waals surface area contributed by atoms with Crippen molar-refractivity contribution < 1.29 is 0 Å². The van der Waals surface area contributed by atoms with Crippen LogP contribution >= 0.6 is 45.2 Å². The topological polar surface area (TPSA) is 0 Å². The third-order valence-corrected chi connectivity index (χ3v) is 5.37. The van der Waals surface area contributed by atoms with E-state index in [0.29, 0.717) is 0 Å². The van der Waals surface area contributed by atoms with Crippen LogP contribution in [0.2, 0.25) is 0 Å². The molecule has 0 nitrogen and oxygen atoms in total. The quantitative estimate of drug-likeness (QED) is 0.536. The van der Waals surface area contributed by atoms with Gasteiger partial charge in [0.25, 0.3) is 0 Å². The summed E-state index contributed by atoms with van der Waals surface area (Å²) < 4.78 is 1.51. The average molecular weight is 337 g/mol. The van der Waals surface area contributed by atoms with Gasteiger partial charge in [-0.1, -0.05) is 66.0 Å². The lowest BCUT2D eigenvalue weighted by Crippen LogP contribution is -2.14. The van der Waals surface area contributed by atoms with E-state index >= 15 is 0 Å². The van der Waals surface area contributed by atoms with E-state index in [9.17, 15) is 0 Å². The second-order valence-corrected chi connectivity index (χ2v) is 5.46. The molecule has 49 valence electrons. The highest BCUT2D eigenvalue weighted by molar-refractivity contribution is 14.1. The van der Waals surface area contributed by atoms with Gasteiger partial charge in [-0.3, -0.25) is 0 Å². The molecular formula is C6H11I2. The Hall–Kier alpha value is 1.46. The highest BCUT2D eigenvalue weighted by Crippen LogP contribution is 2.23. The van der Waals surface area contributed by atoms with Crippen LogP contribution in [0.25, 0.3) is 0 Å². The molecule has 0 rings (SSSR count). The first kappa shape index (κ1) is 9.46. The minimum absolute atomic E-state index is 0.744. The van der Waals surface area contributed by atoms with Crippen molar-refractivity contribution in [1.29, 1.82) is 0 Å². The molecule has 0 aromatic heterocycles. The monoisotopic (exact) mass is 337 g/mol. The zero-order chi connectivity index (χ0) is 6.73. The van der Waals surface area contributed by atoms with Gasteiger partial charge in [-0.2, -0.15) is 0 Å². The Balaban J connectivity index is 3.46. The SMILES string of the molecule is C[C](C)C(I)C(C)I. The molecule has 0 saturated carbocycles. The van der Waals surface area contributed by atoms with Gasteiger partial charge in [0.2, 0.25) is 0 Å². The molecule has 2 unspecified atom stereocenters. The normalized spacial score (nSPS) is 18.8. The van der Waals surface area contributed by atoms with Gasteiger partial charge in [-0.25, -0.2) is 0 Å². The summed E-state index contributed by atoms with van der Waals surface area (Å²) in [7, 11) is 0. The van der Waals surface area contributed by atoms with Gasteiger partial charge in [-0.15, -0.1) is 0 Å². The lowest BCUT2D eigenvalue weighted by molar-refractivity contribution is 0.889. The highest BCUT2D eigenvalue weighted by atomic mass is 127. The van der Waals surface area contributed by atoms with Gasteiger partial charge in [-0.05, 0) is 5.92 Å². The van der Waals surface area contributed by atoms with Crippen molar-refractivity contribution in [1.82, 2.24) is 0 Å². The second kappa shape index (κ2) is 4.30. The Labute approximate surface area is 79.1 Å². The summed E-state index contributed by atoms with van der Waals surface area (Å²) in [5, 5.41) is 0. The fraction of sp³-hybridized carbons (Fsp3) is 0.833. The molecule has 2 atom stereocenters. The molecule has 2 heteroatoms. The Bertz CT molecular complexity index is 51.5. The standard InChI is InChI=1S/C6H11I2/c1-4(2)6(8)5(3)7/h5-6H,1-3H3. The second-order valence-electron chi connectivity index (χ2n) is 2.16. The molecule has 0 aromatic carbocycles. The van der Waals surface area contributed by atoms with E-state index in [0.717, 1.165) is 7.85 Å². The number of hydrogen-bond donors (Lipinski definition) is 0. The Kier molecular flexibility index (Phi) is 5.09. The fourth-order valence-corrected chi connectivity index (χ4v) is 1.18. The molecule has 0 bridgehead atoms. The fourth-order valence-electron chi connectivity index (χ4n) is 0.459. The lowest BCUT2D eigenvalue weighted by Gasteiger charge is -2.14. The van der Waals surface area contributed by atoms with Gasteiger partial charge in [0.1, 0.15) is 0 Å². The first-order valence-corrected chi connectivity index (χ1v) is 5.13. The van der Waals surface area contributed by atoms with E-state index in [1.165, 1.54) is 5.92 Å². The Morgan fingerprint density at radius 3 is 1.62 bits per heavy atom. The Morgan fingerprint density at radius 2 is 1.62 bits per heavy atom. The predicted octanol–water partition coefficient (Wildman–Crippen LogP) is 3.23. The van der Waals surface area contributed by atoms with Gasteiger partial charge in [0.15, 0.2) is 0 Å². The molecule has 0 saturated heterocycles. The van der Waals surface area contributed by atoms with Gasteiger partial charge in [0, 0.05) is 7.85 Å². The Morgan fingerprint density at radius 1 is 1.25 bits per heavy atom. The summed E-state index contributed by atoms with van der Waals surface area (Å²) in [4.78, 5) is 0. The lowest BCUT2D eigenvalue weighted by atomic mass is 10.1. The molecule has 0 aliphatic heterocycles. The van der Waals surface area contributed by atoms with Crippen LogP contribution in [0.15, 0.2) is 0 Å². The number of rotatable bonds is 2. The summed E-state index contributed by atoms with van der Waals surface area (Å²) >= 11 is 4.93. The van der Waals surface area contributed by atoms with Crippen LogP contribution in [0, 0.1) is 5.92 Å². The summed E-state index contributed by atoms with van der Waals surface area (Å²) in [5.41, 5.74) is 0. The van der Waals surface area contributed by atoms with E-state index < -0.39 is 0 Å². The summed E-state index contributed by atoms with van der Waals surface area (Å²) in [6.07, 6.45) is 0. The maximum Gasteiger partial charge on any atom is 0.0281 e. The van der Waals surface area contributed by atoms with Crippen molar-refractivity contribution in [3.05, 3.63) is 5.92 Å². The van der Waals surface area contributed by atoms with Crippen molar-refractivity contribution in [3.63, 3.8) is 0 Å². The van der Waals surface area contributed by atoms with Crippen LogP contribution in [0.5, 0.6) is 0 Å². The minimum atomic E-state index is 0.744. The first-order valence-electron chi connectivity index (χ1n) is 2.64. The van der Waals surface area contributed by atoms with Crippen molar-refractivity contribution >= 4 is 45.2 Å². The largest absolute Gasteiger partial charge is 0.0818 e. The maximum absolute atomic E-state index is 2.48. The van der Waals surface area contributed by atoms with E-state index in [1.807, 2.05) is 0 Å². The van der Waals surface area contributed by atoms with Gasteiger partial charge >= 0.3 is 0 Å². The summed E-state index contributed by atoms with van der Waals surface area (Å²) in [6, 6.07) is 0. The van der Waals surface area contributed by atoms with Crippen molar-refractivity contribution in [2.45, 2.75) is 28.6 Å². The van der Waals surface area contributed by atoms with E-state index in [-0.39, 0.29) is 0 Å². The van der Waals surface area contributed by atoms with Crippen molar-refractivity contribution in [3.8, 4) is 0 Å². The first-order chi connectivity index (χ1) is 3.55. The van der Waals surface area contributed by atoms with Crippen molar-refractivity contribution in [2.75, 3.05) is 0 Å². The van der Waals surface area contributed by atoms with E-state index in [2.05, 4.69) is 66.0 Å². The summed E-state index contributed by atoms with van der Waals surface area (Å²) in [5.74, 6) is 1.52. The summed E-state index contributed by atoms with van der Waals surface area (Å²) in [6.45, 7) is 6.61. The molecule has 1 radical (unpaired) electrons. The van der Waals surface area contributed by atoms with Crippen LogP contribution < -0.4 is 0 Å². The highest BCUT2D eigenvalue weighted by Gasteiger charge is 2.13. The molecule has 0 aromatic rings. The molecule has 0 aliphatic carbocycles. The average Bonchev–Trinajstić information content (AvgIpc) is 1.64. The van der Waals surface area contributed by atoms with Gasteiger partial charge < -0.3 is 0 Å². The molecular weight excluding hydrogens is 326 g/mol. The molecule has 0 N–H and O–H groups in total. The van der Waals surface area contributed by atoms with E-state index in [1.54, 1.807) is 0 Å². The van der Waals surface area contributed by atoms with Crippen LogP contribution in [0.4, 0.5) is 0 Å². The number of halogens is 2. The molecule has 0 amide bonds. The third-order valence-electron chi connectivity index (χ3n) is 0.955. The predicted molar refractivity (Wildman–Crippen MR) is 55.9 cm³/mol.